The van der Waals surface area contributed by atoms with Gasteiger partial charge in [0, 0.05) is 5.29 Å². The highest BCUT2D eigenvalue weighted by molar-refractivity contribution is 9.10. The molecule has 0 N–H and O–H groups in total. The number of alkyl halides is 1. The molecule has 1 unspecified atom stereocenters. The van der Waals surface area contributed by atoms with Gasteiger partial charge in [-0.2, -0.15) is 0 Å². The van der Waals surface area contributed by atoms with Crippen LogP contribution in [0.5, 0.6) is 0 Å². The van der Waals surface area contributed by atoms with Crippen molar-refractivity contribution in [2.75, 3.05) is 13.2 Å². The molecule has 0 spiro atoms. The SMILES string of the molecule is CCOC(=O)C(C)=P(c1ccccc1)(c1ccccc1)c1ccccc1.CCOC(=O)C(C)Br. The number of ether oxygens (including phenoxy) is 2. The fourth-order valence-corrected chi connectivity index (χ4v) is 8.00. The second-order valence-corrected chi connectivity index (χ2v) is 12.3. The second-order valence-electron chi connectivity index (χ2n) is 7.35. The van der Waals surface area contributed by atoms with E-state index in [0.717, 1.165) is 21.2 Å². The van der Waals surface area contributed by atoms with Gasteiger partial charge in [0.15, 0.2) is 0 Å². The second kappa shape index (κ2) is 13.9. The van der Waals surface area contributed by atoms with E-state index in [0.29, 0.717) is 13.2 Å². The van der Waals surface area contributed by atoms with Crippen LogP contribution in [0.25, 0.3) is 0 Å². The molecule has 0 bridgehead atoms. The Hall–Kier alpha value is -2.62. The monoisotopic (exact) mass is 542 g/mol. The molecule has 0 heterocycles. The van der Waals surface area contributed by atoms with Crippen LogP contribution < -0.4 is 15.9 Å². The van der Waals surface area contributed by atoms with Crippen molar-refractivity contribution < 1.29 is 19.1 Å². The van der Waals surface area contributed by atoms with Gasteiger partial charge in [-0.25, -0.2) is 4.79 Å². The zero-order valence-corrected chi connectivity index (χ0v) is 22.6. The van der Waals surface area contributed by atoms with Gasteiger partial charge in [-0.1, -0.05) is 107 Å². The maximum atomic E-state index is 12.9. The van der Waals surface area contributed by atoms with Crippen LogP contribution in [-0.2, 0) is 19.1 Å². The molecule has 0 aliphatic rings. The first-order valence-corrected chi connectivity index (χ1v) is 14.0. The van der Waals surface area contributed by atoms with E-state index in [-0.39, 0.29) is 16.8 Å². The molecule has 6 heteroatoms. The highest BCUT2D eigenvalue weighted by Crippen LogP contribution is 2.46. The van der Waals surface area contributed by atoms with Gasteiger partial charge >= 0.3 is 11.9 Å². The average Bonchev–Trinajstić information content (AvgIpc) is 2.87. The van der Waals surface area contributed by atoms with Gasteiger partial charge in [0.05, 0.1) is 13.2 Å². The largest absolute Gasteiger partial charge is 0.465 e. The lowest BCUT2D eigenvalue weighted by Gasteiger charge is -2.31. The van der Waals surface area contributed by atoms with E-state index in [2.05, 4.69) is 57.1 Å². The summed E-state index contributed by atoms with van der Waals surface area (Å²) in [4.78, 5) is 23.2. The summed E-state index contributed by atoms with van der Waals surface area (Å²) in [7, 11) is 0. The number of halogens is 1. The van der Waals surface area contributed by atoms with Crippen molar-refractivity contribution in [3.05, 3.63) is 91.0 Å². The van der Waals surface area contributed by atoms with Crippen molar-refractivity contribution in [1.82, 2.24) is 0 Å². The fourth-order valence-electron chi connectivity index (χ4n) is 3.61. The third kappa shape index (κ3) is 6.71. The number of carbonyl (C=O) groups is 2. The van der Waals surface area contributed by atoms with E-state index < -0.39 is 6.89 Å². The highest BCUT2D eigenvalue weighted by atomic mass is 79.9. The summed E-state index contributed by atoms with van der Waals surface area (Å²) in [6, 6.07) is 31.0. The number of rotatable bonds is 7. The lowest BCUT2D eigenvalue weighted by molar-refractivity contribution is -0.142. The van der Waals surface area contributed by atoms with Gasteiger partial charge < -0.3 is 9.47 Å². The maximum absolute atomic E-state index is 12.9. The zero-order valence-electron chi connectivity index (χ0n) is 20.1. The van der Waals surface area contributed by atoms with Crippen LogP contribution in [0, 0.1) is 0 Å². The maximum Gasteiger partial charge on any atom is 0.334 e. The third-order valence-corrected chi connectivity index (χ3v) is 9.90. The highest BCUT2D eigenvalue weighted by Gasteiger charge is 2.31. The summed E-state index contributed by atoms with van der Waals surface area (Å²) in [5.74, 6) is -0.426. The summed E-state index contributed by atoms with van der Waals surface area (Å²) >= 11 is 3.07. The number of hydrogen-bond acceptors (Lipinski definition) is 4. The van der Waals surface area contributed by atoms with Crippen LogP contribution in [0.15, 0.2) is 91.0 Å². The Bertz CT molecular complexity index is 994. The quantitative estimate of drug-likeness (QED) is 0.237. The van der Waals surface area contributed by atoms with E-state index in [1.54, 1.807) is 13.8 Å². The predicted molar refractivity (Wildman–Crippen MR) is 147 cm³/mol. The zero-order chi connectivity index (χ0) is 25.0. The van der Waals surface area contributed by atoms with Gasteiger partial charge in [0.1, 0.15) is 4.83 Å². The molecule has 1 atom stereocenters. The normalized spacial score (nSPS) is 11.4. The van der Waals surface area contributed by atoms with E-state index in [9.17, 15) is 9.59 Å². The summed E-state index contributed by atoms with van der Waals surface area (Å²) < 4.78 is 10.0. The molecule has 4 nitrogen and oxygen atoms in total. The molecule has 3 aromatic rings. The molecular weight excluding hydrogens is 511 g/mol. The molecule has 0 radical (unpaired) electrons. The summed E-state index contributed by atoms with van der Waals surface area (Å²) in [6.07, 6.45) is 0. The van der Waals surface area contributed by atoms with Crippen molar-refractivity contribution >= 4 is 56.0 Å². The molecule has 34 heavy (non-hydrogen) atoms. The minimum atomic E-state index is -2.29. The number of carbonyl (C=O) groups excluding carboxylic acids is 2. The van der Waals surface area contributed by atoms with E-state index >= 15 is 0 Å². The number of benzene rings is 3. The molecular formula is C28H32BrO4P. The molecule has 0 amide bonds. The van der Waals surface area contributed by atoms with Crippen LogP contribution in [0.1, 0.15) is 27.7 Å². The summed E-state index contributed by atoms with van der Waals surface area (Å²) in [6.45, 7) is 5.83. The average molecular weight is 543 g/mol. The van der Waals surface area contributed by atoms with Crippen LogP contribution in [0.2, 0.25) is 0 Å². The number of hydrogen-bond donors (Lipinski definition) is 0. The Morgan fingerprint density at radius 2 is 1.09 bits per heavy atom. The van der Waals surface area contributed by atoms with E-state index in [1.165, 1.54) is 0 Å². The smallest absolute Gasteiger partial charge is 0.334 e. The van der Waals surface area contributed by atoms with Gasteiger partial charge in [-0.3, -0.25) is 4.79 Å². The molecule has 0 fully saturated rings. The molecule has 0 aliphatic carbocycles. The summed E-state index contributed by atoms with van der Waals surface area (Å²) in [5, 5.41) is 4.23. The molecule has 3 aromatic carbocycles. The lowest BCUT2D eigenvalue weighted by Crippen LogP contribution is -2.33. The molecule has 0 saturated heterocycles. The van der Waals surface area contributed by atoms with Crippen LogP contribution in [0.4, 0.5) is 0 Å². The van der Waals surface area contributed by atoms with Crippen molar-refractivity contribution in [2.24, 2.45) is 0 Å². The van der Waals surface area contributed by atoms with Crippen LogP contribution >= 0.6 is 22.8 Å². The van der Waals surface area contributed by atoms with E-state index in [1.807, 2.05) is 68.4 Å². The van der Waals surface area contributed by atoms with Crippen molar-refractivity contribution in [3.63, 3.8) is 0 Å². The summed E-state index contributed by atoms with van der Waals surface area (Å²) in [5.41, 5.74) is 0. The Morgan fingerprint density at radius 1 is 0.735 bits per heavy atom. The van der Waals surface area contributed by atoms with E-state index in [4.69, 9.17) is 4.74 Å². The molecule has 3 rings (SSSR count). The molecule has 0 aromatic heterocycles. The van der Waals surface area contributed by atoms with Crippen molar-refractivity contribution in [2.45, 2.75) is 32.5 Å². The van der Waals surface area contributed by atoms with Crippen molar-refractivity contribution in [3.8, 4) is 0 Å². The first-order chi connectivity index (χ1) is 16.4. The molecule has 0 saturated carbocycles. The topological polar surface area (TPSA) is 52.6 Å². The first kappa shape index (κ1) is 27.6. The standard InChI is InChI=1S/C23H23O2P.C5H9BrO2/c1-3-25-23(24)19(2)26(20-13-7-4-8-14-20,21-15-9-5-10-16-21)22-17-11-6-12-18-22;1-3-8-5(7)4(2)6/h4-18H,3H2,1-2H3;4H,3H2,1-2H3. The fraction of sp³-hybridized carbons (Fsp3) is 0.250. The third-order valence-electron chi connectivity index (χ3n) is 5.12. The Balaban J connectivity index is 0.000000440. The minimum Gasteiger partial charge on any atom is -0.465 e. The Kier molecular flexibility index (Phi) is 11.3. The number of esters is 2. The van der Waals surface area contributed by atoms with Gasteiger partial charge in [0.25, 0.3) is 0 Å². The van der Waals surface area contributed by atoms with Gasteiger partial charge in [-0.05, 0) is 50.5 Å². The van der Waals surface area contributed by atoms with Crippen LogP contribution in [-0.4, -0.2) is 35.3 Å². The van der Waals surface area contributed by atoms with Crippen LogP contribution in [0.3, 0.4) is 0 Å². The Morgan fingerprint density at radius 3 is 1.35 bits per heavy atom. The minimum absolute atomic E-state index is 0.178. The van der Waals surface area contributed by atoms with Gasteiger partial charge in [0.2, 0.25) is 0 Å². The van der Waals surface area contributed by atoms with Gasteiger partial charge in [-0.15, -0.1) is 0 Å². The molecule has 0 aliphatic heterocycles. The predicted octanol–water partition coefficient (Wildman–Crippen LogP) is 5.07. The van der Waals surface area contributed by atoms with Crippen molar-refractivity contribution in [1.29, 1.82) is 0 Å². The lowest BCUT2D eigenvalue weighted by atomic mass is 10.4. The molecule has 180 valence electrons. The Labute approximate surface area is 211 Å². The first-order valence-electron chi connectivity index (χ1n) is 11.3.